The Morgan fingerprint density at radius 2 is 1.39 bits per heavy atom. The van der Waals surface area contributed by atoms with Crippen LogP contribution in [0.5, 0.6) is 5.75 Å². The molecule has 9 nitrogen and oxygen atoms in total. The first-order valence-corrected chi connectivity index (χ1v) is 11.6. The molecule has 186 valence electrons. The molecule has 0 saturated heterocycles. The lowest BCUT2D eigenvalue weighted by molar-refractivity contribution is -0.152. The van der Waals surface area contributed by atoms with Gasteiger partial charge in [-0.05, 0) is 31.5 Å². The second kappa shape index (κ2) is 10.9. The SMILES string of the molecule is CCOC(=O)CC(=O)OC1=C(c2[nH]c3ccccc3c2OC(=O)CC(=O)OCC)Cc2ccccc21. The number of fused-ring (bicyclic) bond motifs is 2. The number of ether oxygens (including phenoxy) is 4. The summed E-state index contributed by atoms with van der Waals surface area (Å²) in [5, 5.41) is 0.616. The zero-order valence-corrected chi connectivity index (χ0v) is 19.9. The highest BCUT2D eigenvalue weighted by Gasteiger charge is 2.31. The molecule has 2 aromatic carbocycles. The van der Waals surface area contributed by atoms with Gasteiger partial charge in [-0.15, -0.1) is 0 Å². The maximum Gasteiger partial charge on any atom is 0.322 e. The molecule has 0 saturated carbocycles. The molecule has 0 unspecified atom stereocenters. The molecule has 9 heteroatoms. The van der Waals surface area contributed by atoms with Crippen molar-refractivity contribution in [3.8, 4) is 5.75 Å². The smallest absolute Gasteiger partial charge is 0.322 e. The fourth-order valence-corrected chi connectivity index (χ4v) is 4.04. The van der Waals surface area contributed by atoms with Crippen LogP contribution in [0, 0.1) is 0 Å². The number of carbonyl (C=O) groups is 4. The first-order valence-electron chi connectivity index (χ1n) is 11.6. The van der Waals surface area contributed by atoms with Crippen LogP contribution in [0.25, 0.3) is 22.2 Å². The summed E-state index contributed by atoms with van der Waals surface area (Å²) < 4.78 is 21.0. The molecule has 4 rings (SSSR count). The van der Waals surface area contributed by atoms with E-state index in [-0.39, 0.29) is 24.7 Å². The van der Waals surface area contributed by atoms with Crippen LogP contribution in [0.1, 0.15) is 43.5 Å². The van der Waals surface area contributed by atoms with Crippen LogP contribution in [0.2, 0.25) is 0 Å². The zero-order chi connectivity index (χ0) is 25.7. The summed E-state index contributed by atoms with van der Waals surface area (Å²) >= 11 is 0. The largest absolute Gasteiger partial charge is 0.466 e. The molecule has 1 aliphatic carbocycles. The van der Waals surface area contributed by atoms with E-state index >= 15 is 0 Å². The standard InChI is InChI=1S/C27H25NO8/c1-3-33-21(29)14-23(31)35-26-17-10-6-5-9-16(17)13-19(26)25-27(18-11-7-8-12-20(18)28-25)36-24(32)15-22(30)34-4-2/h5-12,28H,3-4,13-15H2,1-2H3. The number of esters is 4. The highest BCUT2D eigenvalue weighted by atomic mass is 16.6. The van der Waals surface area contributed by atoms with Crippen molar-refractivity contribution in [3.63, 3.8) is 0 Å². The number of allylic oxidation sites excluding steroid dienone is 1. The Morgan fingerprint density at radius 3 is 2.08 bits per heavy atom. The van der Waals surface area contributed by atoms with Gasteiger partial charge in [0.15, 0.2) is 5.75 Å². The van der Waals surface area contributed by atoms with Gasteiger partial charge in [-0.25, -0.2) is 0 Å². The zero-order valence-electron chi connectivity index (χ0n) is 19.9. The van der Waals surface area contributed by atoms with Gasteiger partial charge in [0.1, 0.15) is 18.6 Å². The highest BCUT2D eigenvalue weighted by molar-refractivity contribution is 6.04. The average molecular weight is 491 g/mol. The van der Waals surface area contributed by atoms with Crippen LogP contribution in [-0.4, -0.2) is 42.1 Å². The summed E-state index contributed by atoms with van der Waals surface area (Å²) in [6.07, 6.45) is -0.707. The molecule has 3 aromatic rings. The van der Waals surface area contributed by atoms with Crippen LogP contribution in [0.4, 0.5) is 0 Å². The number of benzene rings is 2. The summed E-state index contributed by atoms with van der Waals surface area (Å²) in [5.41, 5.74) is 3.28. The molecule has 1 N–H and O–H groups in total. The van der Waals surface area contributed by atoms with Crippen molar-refractivity contribution in [2.45, 2.75) is 33.1 Å². The van der Waals surface area contributed by atoms with Crippen LogP contribution >= 0.6 is 0 Å². The Bertz CT molecular complexity index is 1370. The van der Waals surface area contributed by atoms with Gasteiger partial charge in [0, 0.05) is 28.5 Å². The minimum Gasteiger partial charge on any atom is -0.466 e. The summed E-state index contributed by atoms with van der Waals surface area (Å²) in [7, 11) is 0. The number of aromatic nitrogens is 1. The normalized spacial score (nSPS) is 12.3. The van der Waals surface area contributed by atoms with E-state index in [1.807, 2.05) is 36.4 Å². The first kappa shape index (κ1) is 24.7. The summed E-state index contributed by atoms with van der Waals surface area (Å²) in [5.74, 6) is -2.46. The summed E-state index contributed by atoms with van der Waals surface area (Å²) in [4.78, 5) is 52.0. The van der Waals surface area contributed by atoms with Crippen molar-refractivity contribution in [3.05, 3.63) is 65.4 Å². The minimum absolute atomic E-state index is 0.149. The summed E-state index contributed by atoms with van der Waals surface area (Å²) in [6.45, 7) is 3.60. The number of nitrogens with one attached hydrogen (secondary N) is 1. The molecule has 0 atom stereocenters. The predicted octanol–water partition coefficient (Wildman–Crippen LogP) is 3.95. The van der Waals surface area contributed by atoms with E-state index in [9.17, 15) is 19.2 Å². The Balaban J connectivity index is 1.75. The number of hydrogen-bond acceptors (Lipinski definition) is 8. The van der Waals surface area contributed by atoms with Gasteiger partial charge in [0.05, 0.1) is 18.9 Å². The van der Waals surface area contributed by atoms with Gasteiger partial charge in [-0.2, -0.15) is 0 Å². The molecular weight excluding hydrogens is 466 g/mol. The lowest BCUT2D eigenvalue weighted by Crippen LogP contribution is -2.16. The lowest BCUT2D eigenvalue weighted by atomic mass is 10.1. The van der Waals surface area contributed by atoms with Crippen molar-refractivity contribution in [2.24, 2.45) is 0 Å². The van der Waals surface area contributed by atoms with Crippen molar-refractivity contribution < 1.29 is 38.1 Å². The molecular formula is C27H25NO8. The fraction of sp³-hybridized carbons (Fsp3) is 0.259. The summed E-state index contributed by atoms with van der Waals surface area (Å²) in [6, 6.07) is 14.6. The van der Waals surface area contributed by atoms with Crippen molar-refractivity contribution in [1.82, 2.24) is 4.98 Å². The van der Waals surface area contributed by atoms with Gasteiger partial charge in [-0.1, -0.05) is 36.4 Å². The molecule has 1 aromatic heterocycles. The number of rotatable bonds is 9. The monoisotopic (exact) mass is 491 g/mol. The third-order valence-corrected chi connectivity index (χ3v) is 5.48. The number of hydrogen-bond donors (Lipinski definition) is 1. The van der Waals surface area contributed by atoms with Crippen molar-refractivity contribution in [2.75, 3.05) is 13.2 Å². The van der Waals surface area contributed by atoms with E-state index in [0.717, 1.165) is 5.56 Å². The second-order valence-electron chi connectivity index (χ2n) is 7.93. The Morgan fingerprint density at radius 1 is 0.778 bits per heavy atom. The maximum absolute atomic E-state index is 12.6. The molecule has 1 aliphatic rings. The third-order valence-electron chi connectivity index (χ3n) is 5.48. The third kappa shape index (κ3) is 5.30. The average Bonchev–Trinajstić information content (AvgIpc) is 3.37. The molecule has 0 spiro atoms. The predicted molar refractivity (Wildman–Crippen MR) is 129 cm³/mol. The fourth-order valence-electron chi connectivity index (χ4n) is 4.04. The van der Waals surface area contributed by atoms with Gasteiger partial charge < -0.3 is 23.9 Å². The number of para-hydroxylation sites is 1. The van der Waals surface area contributed by atoms with Crippen molar-refractivity contribution >= 4 is 46.1 Å². The van der Waals surface area contributed by atoms with E-state index in [4.69, 9.17) is 18.9 Å². The Kier molecular flexibility index (Phi) is 7.48. The van der Waals surface area contributed by atoms with Gasteiger partial charge in [0.2, 0.25) is 0 Å². The van der Waals surface area contributed by atoms with E-state index in [1.165, 1.54) is 0 Å². The van der Waals surface area contributed by atoms with E-state index in [1.54, 1.807) is 26.0 Å². The second-order valence-corrected chi connectivity index (χ2v) is 7.93. The van der Waals surface area contributed by atoms with Crippen LogP contribution in [-0.2, 0) is 39.8 Å². The van der Waals surface area contributed by atoms with E-state index < -0.39 is 36.7 Å². The Hall–Kier alpha value is -4.40. The molecule has 36 heavy (non-hydrogen) atoms. The molecule has 0 bridgehead atoms. The molecule has 0 radical (unpaired) electrons. The van der Waals surface area contributed by atoms with E-state index in [0.29, 0.717) is 34.2 Å². The maximum atomic E-state index is 12.6. The van der Waals surface area contributed by atoms with E-state index in [2.05, 4.69) is 4.98 Å². The molecule has 1 heterocycles. The van der Waals surface area contributed by atoms with Gasteiger partial charge >= 0.3 is 23.9 Å². The molecule has 0 amide bonds. The number of aromatic amines is 1. The van der Waals surface area contributed by atoms with Gasteiger partial charge in [-0.3, -0.25) is 19.2 Å². The highest BCUT2D eigenvalue weighted by Crippen LogP contribution is 2.44. The van der Waals surface area contributed by atoms with Gasteiger partial charge in [0.25, 0.3) is 0 Å². The van der Waals surface area contributed by atoms with Crippen LogP contribution < -0.4 is 4.74 Å². The molecule has 0 fully saturated rings. The molecule has 0 aliphatic heterocycles. The lowest BCUT2D eigenvalue weighted by Gasteiger charge is -2.11. The number of H-pyrrole nitrogens is 1. The van der Waals surface area contributed by atoms with Crippen LogP contribution in [0.15, 0.2) is 48.5 Å². The minimum atomic E-state index is -0.781. The number of carbonyl (C=O) groups excluding carboxylic acids is 4. The Labute approximate surface area is 207 Å². The topological polar surface area (TPSA) is 121 Å². The van der Waals surface area contributed by atoms with Crippen LogP contribution in [0.3, 0.4) is 0 Å². The quantitative estimate of drug-likeness (QED) is 0.271. The van der Waals surface area contributed by atoms with Crippen molar-refractivity contribution in [1.29, 1.82) is 0 Å². The first-order chi connectivity index (χ1) is 17.4.